The van der Waals surface area contributed by atoms with Crippen molar-refractivity contribution >= 4 is 43.6 Å². The fourth-order valence-corrected chi connectivity index (χ4v) is 4.36. The van der Waals surface area contributed by atoms with E-state index in [1.807, 2.05) is 18.2 Å². The molecule has 1 aromatic carbocycles. The maximum atomic E-state index is 13.2. The van der Waals surface area contributed by atoms with E-state index in [0.717, 1.165) is 46.8 Å². The predicted octanol–water partition coefficient (Wildman–Crippen LogP) is 2.81. The van der Waals surface area contributed by atoms with Crippen molar-refractivity contribution in [1.82, 2.24) is 15.2 Å². The Bertz CT molecular complexity index is 998. The molecular weight excluding hydrogens is 360 g/mol. The first-order valence-corrected chi connectivity index (χ1v) is 9.96. The summed E-state index contributed by atoms with van der Waals surface area (Å²) in [5.74, 6) is 0. The van der Waals surface area contributed by atoms with Gasteiger partial charge in [-0.3, -0.25) is 14.6 Å². The molecule has 0 bridgehead atoms. The van der Waals surface area contributed by atoms with Crippen LogP contribution in [0.15, 0.2) is 35.4 Å². The van der Waals surface area contributed by atoms with Crippen LogP contribution < -0.4 is 16.1 Å². The standard InChI is InChI=1S/C20H24N4O2S/c1-3-24(4-2)10-9-23-16-6-5-14(11-22-13-25)20-18(16)19(26)15-12-21-8-7-17(15)27-20/h5-8,12-13,23H,3-4,9-11H2,1-2H3,(H,22,25). The average molecular weight is 385 g/mol. The lowest BCUT2D eigenvalue weighted by Gasteiger charge is -2.19. The fourth-order valence-electron chi connectivity index (χ4n) is 3.18. The summed E-state index contributed by atoms with van der Waals surface area (Å²) in [5, 5.41) is 7.43. The Labute approximate surface area is 162 Å². The molecular formula is C20H24N4O2S. The highest BCUT2D eigenvalue weighted by molar-refractivity contribution is 7.24. The molecule has 2 N–H and O–H groups in total. The third-order valence-corrected chi connectivity index (χ3v) is 5.96. The molecule has 1 amide bonds. The lowest BCUT2D eigenvalue weighted by atomic mass is 10.1. The van der Waals surface area contributed by atoms with Crippen LogP contribution in [0.4, 0.5) is 5.69 Å². The first kappa shape index (κ1) is 19.3. The number of fused-ring (bicyclic) bond motifs is 2. The van der Waals surface area contributed by atoms with Crippen molar-refractivity contribution in [2.45, 2.75) is 20.4 Å². The summed E-state index contributed by atoms with van der Waals surface area (Å²) in [6, 6.07) is 5.77. The zero-order valence-electron chi connectivity index (χ0n) is 15.6. The van der Waals surface area contributed by atoms with Crippen LogP contribution in [0.1, 0.15) is 19.4 Å². The van der Waals surface area contributed by atoms with Gasteiger partial charge in [-0.2, -0.15) is 0 Å². The van der Waals surface area contributed by atoms with Gasteiger partial charge in [0.05, 0.1) is 10.8 Å². The van der Waals surface area contributed by atoms with Crippen LogP contribution in [-0.2, 0) is 11.3 Å². The van der Waals surface area contributed by atoms with Crippen molar-refractivity contribution in [1.29, 1.82) is 0 Å². The molecule has 27 heavy (non-hydrogen) atoms. The molecule has 2 aromatic heterocycles. The number of hydrogen-bond acceptors (Lipinski definition) is 6. The minimum absolute atomic E-state index is 0.0230. The quantitative estimate of drug-likeness (QED) is 0.438. The zero-order chi connectivity index (χ0) is 19.2. The minimum Gasteiger partial charge on any atom is -0.383 e. The molecule has 0 saturated carbocycles. The molecule has 7 heteroatoms. The number of hydrogen-bond donors (Lipinski definition) is 2. The predicted molar refractivity (Wildman–Crippen MR) is 113 cm³/mol. The maximum Gasteiger partial charge on any atom is 0.207 e. The number of carbonyl (C=O) groups is 1. The van der Waals surface area contributed by atoms with Crippen molar-refractivity contribution in [3.63, 3.8) is 0 Å². The highest BCUT2D eigenvalue weighted by Crippen LogP contribution is 2.31. The molecule has 0 aliphatic rings. The number of carbonyl (C=O) groups excluding carboxylic acids is 1. The monoisotopic (exact) mass is 384 g/mol. The Morgan fingerprint density at radius 3 is 2.78 bits per heavy atom. The van der Waals surface area contributed by atoms with Crippen molar-refractivity contribution < 1.29 is 4.79 Å². The number of aromatic nitrogens is 1. The van der Waals surface area contributed by atoms with Crippen molar-refractivity contribution in [3.8, 4) is 0 Å². The van der Waals surface area contributed by atoms with Crippen molar-refractivity contribution in [3.05, 3.63) is 46.4 Å². The van der Waals surface area contributed by atoms with Gasteiger partial charge in [0.2, 0.25) is 6.41 Å². The first-order valence-electron chi connectivity index (χ1n) is 9.15. The van der Waals surface area contributed by atoms with E-state index >= 15 is 0 Å². The molecule has 0 unspecified atom stereocenters. The largest absolute Gasteiger partial charge is 0.383 e. The second-order valence-corrected chi connectivity index (χ2v) is 7.28. The van der Waals surface area contributed by atoms with Gasteiger partial charge in [-0.25, -0.2) is 0 Å². The molecule has 0 fully saturated rings. The van der Waals surface area contributed by atoms with E-state index in [0.29, 0.717) is 23.7 Å². The maximum absolute atomic E-state index is 13.2. The summed E-state index contributed by atoms with van der Waals surface area (Å²) in [5.41, 5.74) is 1.75. The van der Waals surface area contributed by atoms with Crippen LogP contribution in [0.25, 0.3) is 20.2 Å². The Balaban J connectivity index is 2.07. The van der Waals surface area contributed by atoms with E-state index in [-0.39, 0.29) is 5.43 Å². The third-order valence-electron chi connectivity index (χ3n) is 4.72. The molecule has 2 heterocycles. The summed E-state index contributed by atoms with van der Waals surface area (Å²) in [7, 11) is 0. The van der Waals surface area contributed by atoms with Crippen LogP contribution in [0.2, 0.25) is 0 Å². The van der Waals surface area contributed by atoms with Crippen LogP contribution in [0.3, 0.4) is 0 Å². The van der Waals surface area contributed by atoms with E-state index in [1.165, 1.54) is 0 Å². The lowest BCUT2D eigenvalue weighted by Crippen LogP contribution is -2.28. The van der Waals surface area contributed by atoms with Crippen LogP contribution >= 0.6 is 11.3 Å². The van der Waals surface area contributed by atoms with Crippen LogP contribution in [-0.4, -0.2) is 42.5 Å². The molecule has 142 valence electrons. The second-order valence-electron chi connectivity index (χ2n) is 6.23. The number of nitrogens with one attached hydrogen (secondary N) is 2. The Hall–Kier alpha value is -2.51. The lowest BCUT2D eigenvalue weighted by molar-refractivity contribution is -0.109. The highest BCUT2D eigenvalue weighted by Gasteiger charge is 2.14. The van der Waals surface area contributed by atoms with Gasteiger partial charge in [-0.15, -0.1) is 11.3 Å². The smallest absolute Gasteiger partial charge is 0.207 e. The highest BCUT2D eigenvalue weighted by atomic mass is 32.1. The molecule has 0 spiro atoms. The van der Waals surface area contributed by atoms with Crippen LogP contribution in [0, 0.1) is 0 Å². The molecule has 3 aromatic rings. The zero-order valence-corrected chi connectivity index (χ0v) is 16.4. The summed E-state index contributed by atoms with van der Waals surface area (Å²) in [4.78, 5) is 30.3. The van der Waals surface area contributed by atoms with Gasteiger partial charge in [0.25, 0.3) is 0 Å². The molecule has 0 aliphatic heterocycles. The Kier molecular flexibility index (Phi) is 6.36. The van der Waals surface area contributed by atoms with E-state index in [1.54, 1.807) is 23.7 Å². The van der Waals surface area contributed by atoms with Gasteiger partial charge < -0.3 is 15.5 Å². The number of pyridine rings is 1. The molecule has 0 atom stereocenters. The van der Waals surface area contributed by atoms with Crippen molar-refractivity contribution in [2.24, 2.45) is 0 Å². The number of rotatable bonds is 9. The SMILES string of the molecule is CCN(CC)CCNc1ccc(CNC=O)c2sc3ccncc3c(=O)c12. The van der Waals surface area contributed by atoms with E-state index in [2.05, 4.69) is 34.4 Å². The van der Waals surface area contributed by atoms with Crippen LogP contribution in [0.5, 0.6) is 0 Å². The summed E-state index contributed by atoms with van der Waals surface area (Å²) >= 11 is 1.56. The number of anilines is 1. The second kappa shape index (κ2) is 8.92. The number of amides is 1. The van der Waals surface area contributed by atoms with Gasteiger partial charge in [-0.05, 0) is 30.8 Å². The summed E-state index contributed by atoms with van der Waals surface area (Å²) in [6.45, 7) is 8.36. The van der Waals surface area contributed by atoms with Gasteiger partial charge in [0, 0.05) is 47.1 Å². The number of nitrogens with zero attached hydrogens (tertiary/aromatic N) is 2. The van der Waals surface area contributed by atoms with Gasteiger partial charge in [0.1, 0.15) is 0 Å². The first-order chi connectivity index (χ1) is 13.2. The minimum atomic E-state index is -0.0230. The van der Waals surface area contributed by atoms with E-state index in [9.17, 15) is 9.59 Å². The molecule has 0 radical (unpaired) electrons. The Morgan fingerprint density at radius 2 is 2.04 bits per heavy atom. The molecule has 6 nitrogen and oxygen atoms in total. The summed E-state index contributed by atoms with van der Waals surface area (Å²) in [6.07, 6.45) is 4.00. The van der Waals surface area contributed by atoms with Gasteiger partial charge in [-0.1, -0.05) is 19.9 Å². The van der Waals surface area contributed by atoms with Crippen molar-refractivity contribution in [2.75, 3.05) is 31.5 Å². The summed E-state index contributed by atoms with van der Waals surface area (Å²) < 4.78 is 1.80. The van der Waals surface area contributed by atoms with Gasteiger partial charge in [0.15, 0.2) is 5.43 Å². The molecule has 0 saturated heterocycles. The van der Waals surface area contributed by atoms with Gasteiger partial charge >= 0.3 is 0 Å². The number of likely N-dealkylation sites (N-methyl/N-ethyl adjacent to an activating group) is 1. The topological polar surface area (TPSA) is 74.3 Å². The average Bonchev–Trinajstić information content (AvgIpc) is 2.70. The fraction of sp³-hybridized carbons (Fsp3) is 0.350. The molecule has 3 rings (SSSR count). The van der Waals surface area contributed by atoms with E-state index in [4.69, 9.17) is 0 Å². The van der Waals surface area contributed by atoms with E-state index < -0.39 is 0 Å². The normalized spacial score (nSPS) is 11.2. The third kappa shape index (κ3) is 4.09. The number of benzene rings is 1. The molecule has 0 aliphatic carbocycles. The Morgan fingerprint density at radius 1 is 1.22 bits per heavy atom.